The van der Waals surface area contributed by atoms with Crippen molar-refractivity contribution >= 4 is 5.97 Å². The zero-order valence-electron chi connectivity index (χ0n) is 9.25. The van der Waals surface area contributed by atoms with Crippen molar-refractivity contribution in [3.05, 3.63) is 12.3 Å². The highest BCUT2D eigenvalue weighted by molar-refractivity contribution is 5.72. The number of halogens is 1. The van der Waals surface area contributed by atoms with E-state index >= 15 is 0 Å². The summed E-state index contributed by atoms with van der Waals surface area (Å²) in [5, 5.41) is 11.3. The number of hydrogen-bond acceptors (Lipinski definition) is 4. The molecule has 0 heterocycles. The van der Waals surface area contributed by atoms with Gasteiger partial charge in [-0.15, -0.1) is 0 Å². The summed E-state index contributed by atoms with van der Waals surface area (Å²) in [4.78, 5) is 10.3. The lowest BCUT2D eigenvalue weighted by Gasteiger charge is -2.08. The molecule has 5 nitrogen and oxygen atoms in total. The molecule has 4 N–H and O–H groups in total. The molecule has 16 heavy (non-hydrogen) atoms. The van der Waals surface area contributed by atoms with Crippen molar-refractivity contribution in [3.8, 4) is 0 Å². The van der Waals surface area contributed by atoms with Crippen LogP contribution in [0.3, 0.4) is 0 Å². The van der Waals surface area contributed by atoms with Gasteiger partial charge in [0, 0.05) is 25.5 Å². The van der Waals surface area contributed by atoms with E-state index in [9.17, 15) is 9.18 Å². The fourth-order valence-electron chi connectivity index (χ4n) is 0.922. The molecule has 1 atom stereocenters. The van der Waals surface area contributed by atoms with Crippen molar-refractivity contribution < 1.29 is 19.0 Å². The topological polar surface area (TPSA) is 84.6 Å². The number of carbonyl (C=O) groups is 1. The van der Waals surface area contributed by atoms with Gasteiger partial charge >= 0.3 is 5.97 Å². The first-order valence-electron chi connectivity index (χ1n) is 5.11. The smallest absolute Gasteiger partial charge is 0.320 e. The first kappa shape index (κ1) is 14.9. The number of nitrogens with two attached hydrogens (primary N) is 1. The first-order valence-corrected chi connectivity index (χ1v) is 5.11. The van der Waals surface area contributed by atoms with E-state index in [1.165, 1.54) is 0 Å². The van der Waals surface area contributed by atoms with Crippen LogP contribution in [-0.4, -0.2) is 43.6 Å². The van der Waals surface area contributed by atoms with Crippen LogP contribution in [0.2, 0.25) is 0 Å². The Kier molecular flexibility index (Phi) is 8.46. The highest BCUT2D eigenvalue weighted by Crippen LogP contribution is 1.91. The maximum absolute atomic E-state index is 11.9. The molecule has 0 saturated heterocycles. The summed E-state index contributed by atoms with van der Waals surface area (Å²) in [6.45, 7) is 4.26. The second-order valence-corrected chi connectivity index (χ2v) is 3.36. The molecule has 0 saturated carbocycles. The second-order valence-electron chi connectivity index (χ2n) is 3.36. The summed E-state index contributed by atoms with van der Waals surface area (Å²) in [5.41, 5.74) is 5.62. The number of carboxylic acids is 1. The molecule has 0 aliphatic carbocycles. The van der Waals surface area contributed by atoms with Gasteiger partial charge in [0.25, 0.3) is 0 Å². The molecule has 6 heteroatoms. The lowest BCUT2D eigenvalue weighted by atomic mass is 10.2. The fourth-order valence-corrected chi connectivity index (χ4v) is 0.922. The van der Waals surface area contributed by atoms with Gasteiger partial charge in [-0.05, 0) is 12.8 Å². The minimum Gasteiger partial charge on any atom is -0.480 e. The van der Waals surface area contributed by atoms with Crippen molar-refractivity contribution in [3.63, 3.8) is 0 Å². The van der Waals surface area contributed by atoms with Crippen LogP contribution in [0.1, 0.15) is 12.8 Å². The first-order chi connectivity index (χ1) is 7.57. The number of carboxylic acid groups (broad SMARTS) is 1. The summed E-state index contributed by atoms with van der Waals surface area (Å²) in [5.74, 6) is -1.02. The van der Waals surface area contributed by atoms with Crippen LogP contribution in [0.25, 0.3) is 0 Å². The van der Waals surface area contributed by atoms with E-state index < -0.39 is 18.7 Å². The van der Waals surface area contributed by atoms with E-state index in [2.05, 4.69) is 11.9 Å². The number of hydrogen-bond donors (Lipinski definition) is 3. The summed E-state index contributed by atoms with van der Waals surface area (Å²) in [6, 6.07) is -0.871. The molecule has 0 radical (unpaired) electrons. The number of allylic oxidation sites excluding steroid dienone is 1. The molecule has 0 spiro atoms. The van der Waals surface area contributed by atoms with Crippen molar-refractivity contribution in [2.75, 3.05) is 26.4 Å². The van der Waals surface area contributed by atoms with Gasteiger partial charge in [-0.3, -0.25) is 4.79 Å². The monoisotopic (exact) mass is 234 g/mol. The largest absolute Gasteiger partial charge is 0.480 e. The Balaban J connectivity index is 3.22. The van der Waals surface area contributed by atoms with Gasteiger partial charge < -0.3 is 20.9 Å². The van der Waals surface area contributed by atoms with Crippen LogP contribution in [-0.2, 0) is 9.53 Å². The molecular formula is C10H19FN2O3. The zero-order valence-corrected chi connectivity index (χ0v) is 9.25. The molecule has 0 rings (SSSR count). The minimum absolute atomic E-state index is 0.292. The third kappa shape index (κ3) is 8.19. The van der Waals surface area contributed by atoms with Crippen LogP contribution in [0.4, 0.5) is 4.39 Å². The Morgan fingerprint density at radius 2 is 2.25 bits per heavy atom. The number of aliphatic carboxylic acids is 1. The molecule has 94 valence electrons. The molecule has 0 bridgehead atoms. The predicted molar refractivity (Wildman–Crippen MR) is 58.8 cm³/mol. The lowest BCUT2D eigenvalue weighted by Crippen LogP contribution is -2.31. The van der Waals surface area contributed by atoms with E-state index in [1.54, 1.807) is 0 Å². The average molecular weight is 234 g/mol. The summed E-state index contributed by atoms with van der Waals surface area (Å²) in [6.07, 6.45) is 1.00. The van der Waals surface area contributed by atoms with Gasteiger partial charge in [0.15, 0.2) is 0 Å². The number of alkyl halides is 1. The fraction of sp³-hybridized carbons (Fsp3) is 0.700. The lowest BCUT2D eigenvalue weighted by molar-refractivity contribution is -0.139. The van der Waals surface area contributed by atoms with Crippen LogP contribution < -0.4 is 11.1 Å². The molecule has 0 aromatic carbocycles. The van der Waals surface area contributed by atoms with Crippen molar-refractivity contribution in [2.24, 2.45) is 5.73 Å². The molecule has 0 fully saturated rings. The van der Waals surface area contributed by atoms with Gasteiger partial charge in [0.1, 0.15) is 12.7 Å². The van der Waals surface area contributed by atoms with Gasteiger partial charge in [0.05, 0.1) is 0 Å². The van der Waals surface area contributed by atoms with Crippen molar-refractivity contribution in [1.29, 1.82) is 0 Å². The van der Waals surface area contributed by atoms with Gasteiger partial charge in [-0.25, -0.2) is 4.39 Å². The molecule has 0 aromatic heterocycles. The molecule has 0 amide bonds. The highest BCUT2D eigenvalue weighted by Gasteiger charge is 2.09. The van der Waals surface area contributed by atoms with Gasteiger partial charge in [-0.2, -0.15) is 0 Å². The zero-order chi connectivity index (χ0) is 12.4. The van der Waals surface area contributed by atoms with Gasteiger partial charge in [0.2, 0.25) is 0 Å². The number of ether oxygens (including phenoxy) is 1. The Bertz CT molecular complexity index is 224. The number of rotatable bonds is 10. The normalized spacial score (nSPS) is 12.1. The molecule has 0 aromatic rings. The predicted octanol–water partition coefficient (Wildman–Crippen LogP) is 0.268. The van der Waals surface area contributed by atoms with E-state index in [4.69, 9.17) is 15.6 Å². The van der Waals surface area contributed by atoms with Crippen LogP contribution in [0.5, 0.6) is 0 Å². The summed E-state index contributed by atoms with van der Waals surface area (Å²) < 4.78 is 17.1. The van der Waals surface area contributed by atoms with Crippen LogP contribution in [0, 0.1) is 0 Å². The third-order valence-corrected chi connectivity index (χ3v) is 1.89. The van der Waals surface area contributed by atoms with Crippen molar-refractivity contribution in [2.45, 2.75) is 18.9 Å². The third-order valence-electron chi connectivity index (χ3n) is 1.89. The van der Waals surface area contributed by atoms with E-state index in [1.807, 2.05) is 0 Å². The van der Waals surface area contributed by atoms with E-state index in [-0.39, 0.29) is 0 Å². The Morgan fingerprint density at radius 3 is 2.81 bits per heavy atom. The SMILES string of the molecule is C=C(CF)NCCCOCCC(N)C(=O)O. The standard InChI is InChI=1S/C10H19FN2O3/c1-8(7-11)13-4-2-5-16-6-3-9(12)10(14)15/h9,13H,1-7,12H2,(H,14,15). The molecule has 1 unspecified atom stereocenters. The Morgan fingerprint density at radius 1 is 1.56 bits per heavy atom. The molecule has 0 aliphatic heterocycles. The average Bonchev–Trinajstić information content (AvgIpc) is 2.26. The maximum Gasteiger partial charge on any atom is 0.320 e. The summed E-state index contributed by atoms with van der Waals surface area (Å²) >= 11 is 0. The minimum atomic E-state index is -1.02. The summed E-state index contributed by atoms with van der Waals surface area (Å²) in [7, 11) is 0. The Labute approximate surface area is 94.5 Å². The van der Waals surface area contributed by atoms with Gasteiger partial charge in [-0.1, -0.05) is 6.58 Å². The molecule has 0 aliphatic rings. The quantitative estimate of drug-likeness (QED) is 0.472. The van der Waals surface area contributed by atoms with Crippen LogP contribution in [0.15, 0.2) is 12.3 Å². The second kappa shape index (κ2) is 9.11. The Hall–Kier alpha value is -1.14. The van der Waals surface area contributed by atoms with E-state index in [0.29, 0.717) is 38.3 Å². The maximum atomic E-state index is 11.9. The highest BCUT2D eigenvalue weighted by atomic mass is 19.1. The van der Waals surface area contributed by atoms with Crippen LogP contribution >= 0.6 is 0 Å². The molecular weight excluding hydrogens is 215 g/mol. The number of nitrogens with one attached hydrogen (secondary N) is 1. The van der Waals surface area contributed by atoms with E-state index in [0.717, 1.165) is 0 Å². The van der Waals surface area contributed by atoms with Crippen molar-refractivity contribution in [1.82, 2.24) is 5.32 Å².